The number of benzene rings is 1. The van der Waals surface area contributed by atoms with E-state index >= 15 is 0 Å². The first-order valence-corrected chi connectivity index (χ1v) is 7.70. The van der Waals surface area contributed by atoms with Crippen LogP contribution in [0, 0.1) is 5.82 Å². The molecule has 1 fully saturated rings. The fourth-order valence-electron chi connectivity index (χ4n) is 1.92. The van der Waals surface area contributed by atoms with Gasteiger partial charge in [0.1, 0.15) is 11.9 Å². The average molecular weight is 314 g/mol. The lowest BCUT2D eigenvalue weighted by Gasteiger charge is -2.14. The van der Waals surface area contributed by atoms with Gasteiger partial charge in [-0.2, -0.15) is 0 Å². The molecule has 0 aliphatic carbocycles. The lowest BCUT2D eigenvalue weighted by molar-refractivity contribution is 0.143. The maximum atomic E-state index is 13.8. The van der Waals surface area contributed by atoms with E-state index in [0.717, 1.165) is 0 Å². The topological polar surface area (TPSA) is 41.6 Å². The van der Waals surface area contributed by atoms with Crippen molar-refractivity contribution in [2.24, 2.45) is 0 Å². The lowest BCUT2D eigenvalue weighted by atomic mass is 10.2. The van der Waals surface area contributed by atoms with Crippen LogP contribution in [0.1, 0.15) is 6.92 Å². The molecule has 0 spiro atoms. The zero-order valence-corrected chi connectivity index (χ0v) is 12.8. The largest absolute Gasteiger partial charge is 0.442 e. The van der Waals surface area contributed by atoms with E-state index in [1.165, 1.54) is 22.7 Å². The number of halogens is 1. The van der Waals surface area contributed by atoms with Crippen LogP contribution < -0.4 is 10.2 Å². The first-order chi connectivity index (χ1) is 9.51. The van der Waals surface area contributed by atoms with Crippen molar-refractivity contribution >= 4 is 40.7 Å². The van der Waals surface area contributed by atoms with E-state index in [2.05, 4.69) is 5.32 Å². The maximum absolute atomic E-state index is 13.8. The van der Waals surface area contributed by atoms with E-state index in [9.17, 15) is 9.18 Å². The molecule has 1 amide bonds. The number of thiocarbonyl (C=S) groups is 1. The Balaban J connectivity index is 2.07. The molecule has 1 aliphatic rings. The second-order valence-corrected chi connectivity index (χ2v) is 5.83. The summed E-state index contributed by atoms with van der Waals surface area (Å²) in [5.41, 5.74) is 0.506. The number of hydrogen-bond donors (Lipinski definition) is 1. The normalized spacial score (nSPS) is 18.1. The van der Waals surface area contributed by atoms with Gasteiger partial charge < -0.3 is 10.1 Å². The van der Waals surface area contributed by atoms with Crippen LogP contribution in [0.3, 0.4) is 0 Å². The molecule has 0 radical (unpaired) electrons. The van der Waals surface area contributed by atoms with Crippen molar-refractivity contribution in [2.75, 3.05) is 24.2 Å². The van der Waals surface area contributed by atoms with Crippen LogP contribution in [-0.4, -0.2) is 36.5 Å². The standard InChI is InChI=1S/C13H15FN2O2S2/c1-8(19)15-6-10-7-16(13(17)18-10)9-3-4-12(20-2)11(14)5-9/h3-5,10H,6-7H2,1-2H3,(H,15,19)/t10-/m0/s1. The minimum absolute atomic E-state index is 0.288. The smallest absolute Gasteiger partial charge is 0.414 e. The van der Waals surface area contributed by atoms with Gasteiger partial charge in [0.05, 0.1) is 23.8 Å². The summed E-state index contributed by atoms with van der Waals surface area (Å²) in [5, 5.41) is 2.96. The third-order valence-electron chi connectivity index (χ3n) is 2.90. The Labute approximate surface area is 126 Å². The molecule has 0 bridgehead atoms. The molecule has 1 aromatic carbocycles. The summed E-state index contributed by atoms with van der Waals surface area (Å²) in [7, 11) is 0. The number of rotatable bonds is 4. The van der Waals surface area contributed by atoms with Gasteiger partial charge in [0.15, 0.2) is 0 Å². The van der Waals surface area contributed by atoms with Gasteiger partial charge in [-0.05, 0) is 31.4 Å². The monoisotopic (exact) mass is 314 g/mol. The van der Waals surface area contributed by atoms with E-state index in [4.69, 9.17) is 17.0 Å². The molecule has 7 heteroatoms. The SMILES string of the molecule is CSc1ccc(N2C[C@H](CNC(C)=S)OC2=O)cc1F. The molecule has 1 aliphatic heterocycles. The highest BCUT2D eigenvalue weighted by molar-refractivity contribution is 7.98. The van der Waals surface area contributed by atoms with E-state index in [1.807, 2.05) is 0 Å². The van der Waals surface area contributed by atoms with Crippen molar-refractivity contribution in [2.45, 2.75) is 17.9 Å². The van der Waals surface area contributed by atoms with Crippen LogP contribution in [0.2, 0.25) is 0 Å². The van der Waals surface area contributed by atoms with Gasteiger partial charge in [-0.25, -0.2) is 9.18 Å². The number of carbonyl (C=O) groups is 1. The van der Waals surface area contributed by atoms with Gasteiger partial charge in [-0.3, -0.25) is 4.90 Å². The highest BCUT2D eigenvalue weighted by atomic mass is 32.2. The number of anilines is 1. The fraction of sp³-hybridized carbons (Fsp3) is 0.385. The zero-order chi connectivity index (χ0) is 14.7. The van der Waals surface area contributed by atoms with Crippen molar-refractivity contribution in [3.05, 3.63) is 24.0 Å². The summed E-state index contributed by atoms with van der Waals surface area (Å²) in [5.74, 6) is -0.334. The molecule has 108 valence electrons. The van der Waals surface area contributed by atoms with Gasteiger partial charge in [0.25, 0.3) is 0 Å². The van der Waals surface area contributed by atoms with Crippen molar-refractivity contribution < 1.29 is 13.9 Å². The number of ether oxygens (including phenoxy) is 1. The second kappa shape index (κ2) is 6.41. The Morgan fingerprint density at radius 3 is 3.00 bits per heavy atom. The van der Waals surface area contributed by atoms with E-state index in [-0.39, 0.29) is 11.9 Å². The van der Waals surface area contributed by atoms with Crippen LogP contribution >= 0.6 is 24.0 Å². The Morgan fingerprint density at radius 2 is 2.40 bits per heavy atom. The van der Waals surface area contributed by atoms with Crippen molar-refractivity contribution in [1.29, 1.82) is 0 Å². The minimum Gasteiger partial charge on any atom is -0.442 e. The molecular formula is C13H15FN2O2S2. The number of hydrogen-bond acceptors (Lipinski definition) is 4. The molecule has 4 nitrogen and oxygen atoms in total. The summed E-state index contributed by atoms with van der Waals surface area (Å²) >= 11 is 6.24. The quantitative estimate of drug-likeness (QED) is 0.684. The third-order valence-corrected chi connectivity index (χ3v) is 3.82. The number of nitrogens with one attached hydrogen (secondary N) is 1. The first-order valence-electron chi connectivity index (χ1n) is 6.07. The van der Waals surface area contributed by atoms with E-state index < -0.39 is 6.09 Å². The minimum atomic E-state index is -0.463. The summed E-state index contributed by atoms with van der Waals surface area (Å²) < 4.78 is 19.0. The summed E-state index contributed by atoms with van der Waals surface area (Å²) in [4.78, 5) is 14.4. The van der Waals surface area contributed by atoms with Gasteiger partial charge in [-0.1, -0.05) is 12.2 Å². The second-order valence-electron chi connectivity index (χ2n) is 4.37. The molecule has 20 heavy (non-hydrogen) atoms. The molecule has 1 atom stereocenters. The molecule has 1 aromatic rings. The first kappa shape index (κ1) is 15.1. The number of carbonyl (C=O) groups excluding carboxylic acids is 1. The Kier molecular flexibility index (Phi) is 4.82. The lowest BCUT2D eigenvalue weighted by Crippen LogP contribution is -2.32. The molecule has 1 saturated heterocycles. The summed E-state index contributed by atoms with van der Waals surface area (Å²) in [6.07, 6.45) is 1.05. The molecule has 1 heterocycles. The highest BCUT2D eigenvalue weighted by Crippen LogP contribution is 2.27. The molecule has 1 N–H and O–H groups in total. The van der Waals surface area contributed by atoms with Gasteiger partial charge >= 0.3 is 6.09 Å². The van der Waals surface area contributed by atoms with Gasteiger partial charge in [0, 0.05) is 4.90 Å². The van der Waals surface area contributed by atoms with E-state index in [0.29, 0.717) is 28.7 Å². The Hall–Kier alpha value is -1.34. The number of amides is 1. The van der Waals surface area contributed by atoms with Crippen LogP contribution in [-0.2, 0) is 4.74 Å². The Morgan fingerprint density at radius 1 is 1.65 bits per heavy atom. The van der Waals surface area contributed by atoms with E-state index in [1.54, 1.807) is 25.3 Å². The van der Waals surface area contributed by atoms with Crippen LogP contribution in [0.5, 0.6) is 0 Å². The molecular weight excluding hydrogens is 299 g/mol. The highest BCUT2D eigenvalue weighted by Gasteiger charge is 2.32. The summed E-state index contributed by atoms with van der Waals surface area (Å²) in [6.45, 7) is 2.61. The van der Waals surface area contributed by atoms with Gasteiger partial charge in [0.2, 0.25) is 0 Å². The number of cyclic esters (lactones) is 1. The zero-order valence-electron chi connectivity index (χ0n) is 11.2. The van der Waals surface area contributed by atoms with Crippen molar-refractivity contribution in [3.8, 4) is 0 Å². The molecule has 0 unspecified atom stereocenters. The fourth-order valence-corrected chi connectivity index (χ4v) is 2.46. The molecule has 0 aromatic heterocycles. The van der Waals surface area contributed by atoms with Crippen LogP contribution in [0.4, 0.5) is 14.9 Å². The maximum Gasteiger partial charge on any atom is 0.414 e. The third kappa shape index (κ3) is 3.40. The number of nitrogens with zero attached hydrogens (tertiary/aromatic N) is 1. The van der Waals surface area contributed by atoms with Crippen molar-refractivity contribution in [1.82, 2.24) is 5.32 Å². The van der Waals surface area contributed by atoms with Crippen LogP contribution in [0.25, 0.3) is 0 Å². The van der Waals surface area contributed by atoms with Crippen molar-refractivity contribution in [3.63, 3.8) is 0 Å². The van der Waals surface area contributed by atoms with Crippen LogP contribution in [0.15, 0.2) is 23.1 Å². The molecule has 2 rings (SSSR count). The summed E-state index contributed by atoms with van der Waals surface area (Å²) in [6, 6.07) is 4.74. The number of thioether (sulfide) groups is 1. The van der Waals surface area contributed by atoms with Gasteiger partial charge in [-0.15, -0.1) is 11.8 Å². The molecule has 0 saturated carbocycles. The predicted octanol–water partition coefficient (Wildman–Crippen LogP) is 2.81. The predicted molar refractivity (Wildman–Crippen MR) is 82.1 cm³/mol. The Bertz CT molecular complexity index is 539. The average Bonchev–Trinajstić information content (AvgIpc) is 2.77.